The molecule has 0 fully saturated rings. The number of aryl methyl sites for hydroxylation is 1. The monoisotopic (exact) mass is 407 g/mol. The number of hydrogen-bond acceptors (Lipinski definition) is 3. The molecule has 2 aromatic heterocycles. The van der Waals surface area contributed by atoms with Gasteiger partial charge in [-0.15, -0.1) is 0 Å². The van der Waals surface area contributed by atoms with Crippen molar-refractivity contribution in [1.82, 2.24) is 9.55 Å². The molecule has 0 spiro atoms. The smallest absolute Gasteiger partial charge is 0.368 e. The van der Waals surface area contributed by atoms with E-state index in [4.69, 9.17) is 0 Å². The zero-order valence-corrected chi connectivity index (χ0v) is 14.3. The lowest BCUT2D eigenvalue weighted by Gasteiger charge is -2.08. The molecular formula is C17H16IN2O2+. The van der Waals surface area contributed by atoms with Crippen LogP contribution >= 0.6 is 0 Å². The van der Waals surface area contributed by atoms with Gasteiger partial charge in [-0.25, -0.2) is 4.98 Å². The molecule has 3 aromatic rings. The van der Waals surface area contributed by atoms with Gasteiger partial charge in [-0.3, -0.25) is 9.36 Å². The van der Waals surface area contributed by atoms with Crippen LogP contribution in [0.25, 0.3) is 11.0 Å². The van der Waals surface area contributed by atoms with Gasteiger partial charge in [0.05, 0.1) is 5.39 Å². The van der Waals surface area contributed by atoms with E-state index >= 15 is 0 Å². The molecule has 0 radical (unpaired) electrons. The highest BCUT2D eigenvalue weighted by Crippen LogP contribution is 2.20. The van der Waals surface area contributed by atoms with Crippen molar-refractivity contribution < 1.29 is 26.3 Å². The van der Waals surface area contributed by atoms with Crippen LogP contribution in [0.5, 0.6) is 5.75 Å². The first-order valence-corrected chi connectivity index (χ1v) is 9.28. The average molecular weight is 407 g/mol. The molecule has 4 nitrogen and oxygen atoms in total. The van der Waals surface area contributed by atoms with Gasteiger partial charge in [0.25, 0.3) is 0 Å². The first-order valence-electron chi connectivity index (χ1n) is 7.12. The average Bonchev–Trinajstić information content (AvgIpc) is 2.56. The third-order valence-corrected chi connectivity index (χ3v) is 6.18. The maximum absolute atomic E-state index is 12.8. The van der Waals surface area contributed by atoms with Crippen LogP contribution in [0.1, 0.15) is 13.3 Å². The van der Waals surface area contributed by atoms with Crippen molar-refractivity contribution in [2.45, 2.75) is 19.9 Å². The zero-order chi connectivity index (χ0) is 15.5. The molecule has 112 valence electrons. The van der Waals surface area contributed by atoms with Crippen molar-refractivity contribution in [3.8, 4) is 5.75 Å². The molecule has 5 heteroatoms. The number of halogens is 1. The van der Waals surface area contributed by atoms with Crippen LogP contribution in [0.15, 0.2) is 53.5 Å². The number of aromatic nitrogens is 2. The second-order valence-corrected chi connectivity index (χ2v) is 7.75. The van der Waals surface area contributed by atoms with Crippen molar-refractivity contribution in [3.63, 3.8) is 0 Å². The Bertz CT molecular complexity index is 860. The molecule has 0 aliphatic carbocycles. The second kappa shape index (κ2) is 6.48. The Morgan fingerprint density at radius 1 is 1.18 bits per heavy atom. The van der Waals surface area contributed by atoms with E-state index in [2.05, 4.69) is 4.98 Å². The Morgan fingerprint density at radius 2 is 1.95 bits per heavy atom. The quantitative estimate of drug-likeness (QED) is 0.602. The fraction of sp³-hybridized carbons (Fsp3) is 0.176. The third-order valence-electron chi connectivity index (χ3n) is 3.32. The second-order valence-electron chi connectivity index (χ2n) is 4.88. The largest absolute Gasteiger partial charge is 0.503 e. The van der Waals surface area contributed by atoms with Gasteiger partial charge in [-0.1, -0.05) is 25.1 Å². The first-order chi connectivity index (χ1) is 10.7. The Labute approximate surface area is 138 Å². The molecule has 3 rings (SSSR count). The standard InChI is InChI=1S/C17H15IN2O2/c1-2-11-20-16-13(9-6-10-19-16)15(21)14(17(20)22)18-12-7-4-3-5-8-12/h3-10H,2,11H2,1H3/p+1. The van der Waals surface area contributed by atoms with E-state index < -0.39 is 21.2 Å². The molecule has 0 amide bonds. The fourth-order valence-corrected chi connectivity index (χ4v) is 4.80. The molecule has 22 heavy (non-hydrogen) atoms. The molecule has 0 unspecified atom stereocenters. The zero-order valence-electron chi connectivity index (χ0n) is 12.2. The normalized spacial score (nSPS) is 11.0. The van der Waals surface area contributed by atoms with Crippen molar-refractivity contribution in [3.05, 3.63) is 66.2 Å². The van der Waals surface area contributed by atoms with Gasteiger partial charge < -0.3 is 5.11 Å². The summed E-state index contributed by atoms with van der Waals surface area (Å²) in [5.41, 5.74) is 0.454. The van der Waals surface area contributed by atoms with Gasteiger partial charge in [0.2, 0.25) is 0 Å². The van der Waals surface area contributed by atoms with Gasteiger partial charge in [-0.05, 0) is 30.7 Å². The van der Waals surface area contributed by atoms with E-state index in [0.29, 0.717) is 21.1 Å². The summed E-state index contributed by atoms with van der Waals surface area (Å²) in [7, 11) is 0. The van der Waals surface area contributed by atoms with Gasteiger partial charge in [-0.2, -0.15) is 0 Å². The summed E-state index contributed by atoms with van der Waals surface area (Å²) in [6.07, 6.45) is 2.50. The van der Waals surface area contributed by atoms with E-state index in [-0.39, 0.29) is 11.3 Å². The van der Waals surface area contributed by atoms with Crippen molar-refractivity contribution in [1.29, 1.82) is 0 Å². The van der Waals surface area contributed by atoms with E-state index in [1.165, 1.54) is 0 Å². The van der Waals surface area contributed by atoms with Gasteiger partial charge in [0.15, 0.2) is 9.32 Å². The molecule has 1 aromatic carbocycles. The molecule has 0 aliphatic rings. The summed E-state index contributed by atoms with van der Waals surface area (Å²) >= 11 is -0.729. The van der Waals surface area contributed by atoms with Gasteiger partial charge in [0, 0.05) is 12.7 Å². The summed E-state index contributed by atoms with van der Waals surface area (Å²) in [6.45, 7) is 2.64. The van der Waals surface area contributed by atoms with Crippen LogP contribution in [0.3, 0.4) is 0 Å². The molecule has 0 saturated heterocycles. The number of aromatic hydroxyl groups is 1. The molecular weight excluding hydrogens is 391 g/mol. The maximum atomic E-state index is 12.8. The van der Waals surface area contributed by atoms with Crippen LogP contribution in [-0.4, -0.2) is 14.7 Å². The Morgan fingerprint density at radius 3 is 2.68 bits per heavy atom. The van der Waals surface area contributed by atoms with Crippen LogP contribution < -0.4 is 26.8 Å². The molecule has 1 N–H and O–H groups in total. The summed E-state index contributed by atoms with van der Waals surface area (Å²) in [5.74, 6) is 0.0945. The van der Waals surface area contributed by atoms with E-state index in [1.54, 1.807) is 16.8 Å². The van der Waals surface area contributed by atoms with Crippen LogP contribution in [0.2, 0.25) is 0 Å². The summed E-state index contributed by atoms with van der Waals surface area (Å²) in [6, 6.07) is 13.5. The molecule has 0 atom stereocenters. The molecule has 0 saturated carbocycles. The Kier molecular flexibility index (Phi) is 4.42. The Balaban J connectivity index is 2.23. The van der Waals surface area contributed by atoms with Crippen LogP contribution in [0, 0.1) is 7.14 Å². The molecule has 2 heterocycles. The van der Waals surface area contributed by atoms with Crippen LogP contribution in [0.4, 0.5) is 0 Å². The minimum atomic E-state index is -0.729. The van der Waals surface area contributed by atoms with Crippen LogP contribution in [-0.2, 0) is 6.54 Å². The summed E-state index contributed by atoms with van der Waals surface area (Å²) < 4.78 is 3.34. The summed E-state index contributed by atoms with van der Waals surface area (Å²) in [5, 5.41) is 11.2. The van der Waals surface area contributed by atoms with Crippen molar-refractivity contribution in [2.75, 3.05) is 0 Å². The number of hydrogen-bond donors (Lipinski definition) is 1. The van der Waals surface area contributed by atoms with Crippen molar-refractivity contribution >= 4 is 11.0 Å². The third kappa shape index (κ3) is 2.72. The van der Waals surface area contributed by atoms with Gasteiger partial charge >= 0.3 is 30.3 Å². The van der Waals surface area contributed by atoms with E-state index in [1.807, 2.05) is 43.3 Å². The number of fused-ring (bicyclic) bond motifs is 1. The lowest BCUT2D eigenvalue weighted by Crippen LogP contribution is -3.62. The Hall–Kier alpha value is -1.89. The van der Waals surface area contributed by atoms with E-state index in [9.17, 15) is 9.90 Å². The first kappa shape index (κ1) is 15.0. The predicted octanol–water partition coefficient (Wildman–Crippen LogP) is -0.359. The predicted molar refractivity (Wildman–Crippen MR) is 81.8 cm³/mol. The SMILES string of the molecule is CCCn1c(=O)c([I+]c2ccccc2)c(O)c2cccnc21. The lowest BCUT2D eigenvalue weighted by atomic mass is 10.2. The molecule has 0 bridgehead atoms. The number of rotatable bonds is 4. The molecule has 0 aliphatic heterocycles. The van der Waals surface area contributed by atoms with Gasteiger partial charge in [0.1, 0.15) is 5.65 Å². The fourth-order valence-electron chi connectivity index (χ4n) is 2.33. The minimum absolute atomic E-state index is 0.0945. The highest BCUT2D eigenvalue weighted by Gasteiger charge is 2.29. The minimum Gasteiger partial charge on any atom is -0.503 e. The highest BCUT2D eigenvalue weighted by atomic mass is 127. The highest BCUT2D eigenvalue weighted by molar-refractivity contribution is 5.81. The van der Waals surface area contributed by atoms with Crippen molar-refractivity contribution in [2.24, 2.45) is 0 Å². The number of pyridine rings is 2. The summed E-state index contributed by atoms with van der Waals surface area (Å²) in [4.78, 5) is 17.1. The topological polar surface area (TPSA) is 55.1 Å². The maximum Gasteiger partial charge on any atom is 0.368 e. The lowest BCUT2D eigenvalue weighted by molar-refractivity contribution is -0.600. The van der Waals surface area contributed by atoms with E-state index in [0.717, 1.165) is 9.99 Å². The number of benzene rings is 1. The number of nitrogens with zero attached hydrogens (tertiary/aromatic N) is 2.